The molecule has 116 valence electrons. The number of aliphatic carboxylic acids is 1. The van der Waals surface area contributed by atoms with E-state index in [2.05, 4.69) is 5.32 Å². The van der Waals surface area contributed by atoms with Crippen molar-refractivity contribution in [2.24, 2.45) is 0 Å². The smallest absolute Gasteiger partial charge is 0.313 e. The second kappa shape index (κ2) is 9.28. The van der Waals surface area contributed by atoms with E-state index in [0.717, 1.165) is 11.3 Å². The number of hydrogen-bond acceptors (Lipinski definition) is 4. The Morgan fingerprint density at radius 1 is 1.33 bits per heavy atom. The number of rotatable bonds is 9. The number of methoxy groups -OCH3 is 1. The first-order valence-electron chi connectivity index (χ1n) is 6.73. The van der Waals surface area contributed by atoms with Crippen LogP contribution >= 0.6 is 11.8 Å². The molecule has 0 aliphatic rings. The van der Waals surface area contributed by atoms with Crippen molar-refractivity contribution in [3.8, 4) is 5.75 Å². The number of benzene rings is 1. The molecule has 5 nitrogen and oxygen atoms in total. The molecule has 0 heterocycles. The first kappa shape index (κ1) is 17.4. The standard InChI is InChI=1S/C15H21NO4S/c1-11(12-3-5-13(20-2)6-4-12)9-14(17)16-7-8-21-10-15(18)19/h3-6,11H,7-10H2,1-2H3,(H,16,17)(H,18,19). The van der Waals surface area contributed by atoms with E-state index < -0.39 is 5.97 Å². The van der Waals surface area contributed by atoms with Crippen LogP contribution in [0.4, 0.5) is 0 Å². The van der Waals surface area contributed by atoms with E-state index in [-0.39, 0.29) is 17.6 Å². The van der Waals surface area contributed by atoms with Crippen molar-refractivity contribution < 1.29 is 19.4 Å². The van der Waals surface area contributed by atoms with Crippen LogP contribution < -0.4 is 10.1 Å². The third kappa shape index (κ3) is 7.04. The molecular formula is C15H21NO4S. The maximum Gasteiger partial charge on any atom is 0.313 e. The predicted octanol–water partition coefficient (Wildman–Crippen LogP) is 2.12. The van der Waals surface area contributed by atoms with Crippen molar-refractivity contribution in [1.29, 1.82) is 0 Å². The molecule has 1 amide bonds. The maximum atomic E-state index is 11.8. The van der Waals surface area contributed by atoms with Crippen LogP contribution in [0.5, 0.6) is 5.75 Å². The minimum atomic E-state index is -0.834. The first-order valence-corrected chi connectivity index (χ1v) is 7.88. The number of amides is 1. The number of carbonyl (C=O) groups is 2. The molecule has 0 radical (unpaired) electrons. The van der Waals surface area contributed by atoms with Gasteiger partial charge in [0.05, 0.1) is 12.9 Å². The highest BCUT2D eigenvalue weighted by Gasteiger charge is 2.11. The lowest BCUT2D eigenvalue weighted by Gasteiger charge is -2.12. The summed E-state index contributed by atoms with van der Waals surface area (Å²) in [6.45, 7) is 2.49. The molecule has 1 aromatic rings. The minimum Gasteiger partial charge on any atom is -0.497 e. The molecule has 0 aliphatic carbocycles. The quantitative estimate of drug-likeness (QED) is 0.683. The van der Waals surface area contributed by atoms with Crippen LogP contribution in [0.3, 0.4) is 0 Å². The summed E-state index contributed by atoms with van der Waals surface area (Å²) in [6, 6.07) is 7.68. The monoisotopic (exact) mass is 311 g/mol. The Kier molecular flexibility index (Phi) is 7.68. The van der Waals surface area contributed by atoms with Crippen LogP contribution in [0.1, 0.15) is 24.8 Å². The minimum absolute atomic E-state index is 0.0192. The van der Waals surface area contributed by atoms with Crippen LogP contribution in [0.2, 0.25) is 0 Å². The van der Waals surface area contributed by atoms with Gasteiger partial charge in [-0.25, -0.2) is 0 Å². The molecule has 0 bridgehead atoms. The third-order valence-corrected chi connectivity index (χ3v) is 3.91. The molecule has 6 heteroatoms. The lowest BCUT2D eigenvalue weighted by Crippen LogP contribution is -2.27. The van der Waals surface area contributed by atoms with Gasteiger partial charge in [-0.2, -0.15) is 0 Å². The van der Waals surface area contributed by atoms with Crippen LogP contribution in [0.15, 0.2) is 24.3 Å². The zero-order chi connectivity index (χ0) is 15.7. The number of thioether (sulfide) groups is 1. The van der Waals surface area contributed by atoms with Crippen LogP contribution in [0.25, 0.3) is 0 Å². The molecule has 0 aliphatic heterocycles. The highest BCUT2D eigenvalue weighted by atomic mass is 32.2. The van der Waals surface area contributed by atoms with Gasteiger partial charge < -0.3 is 15.2 Å². The van der Waals surface area contributed by atoms with Crippen molar-refractivity contribution >= 4 is 23.6 Å². The fraction of sp³-hybridized carbons (Fsp3) is 0.467. The Morgan fingerprint density at radius 3 is 2.57 bits per heavy atom. The average molecular weight is 311 g/mol. The van der Waals surface area contributed by atoms with Crippen molar-refractivity contribution in [2.75, 3.05) is 25.2 Å². The largest absolute Gasteiger partial charge is 0.497 e. The van der Waals surface area contributed by atoms with Gasteiger partial charge in [0.2, 0.25) is 5.91 Å². The second-order valence-electron chi connectivity index (χ2n) is 4.67. The molecule has 2 N–H and O–H groups in total. The topological polar surface area (TPSA) is 75.6 Å². The van der Waals surface area contributed by atoms with E-state index in [1.807, 2.05) is 31.2 Å². The van der Waals surface area contributed by atoms with E-state index in [9.17, 15) is 9.59 Å². The van der Waals surface area contributed by atoms with Gasteiger partial charge in [-0.05, 0) is 23.6 Å². The number of carboxylic acid groups (broad SMARTS) is 1. The molecule has 0 aromatic heterocycles. The number of nitrogens with one attached hydrogen (secondary N) is 1. The average Bonchev–Trinajstić information content (AvgIpc) is 2.46. The third-order valence-electron chi connectivity index (χ3n) is 2.97. The summed E-state index contributed by atoms with van der Waals surface area (Å²) >= 11 is 1.29. The SMILES string of the molecule is COc1ccc(C(C)CC(=O)NCCSCC(=O)O)cc1. The number of carbonyl (C=O) groups excluding carboxylic acids is 1. The molecule has 1 atom stereocenters. The predicted molar refractivity (Wildman–Crippen MR) is 84.0 cm³/mol. The fourth-order valence-electron chi connectivity index (χ4n) is 1.82. The molecule has 0 spiro atoms. The van der Waals surface area contributed by atoms with Gasteiger partial charge in [-0.3, -0.25) is 9.59 Å². The number of carboxylic acids is 1. The van der Waals surface area contributed by atoms with Crippen LogP contribution in [-0.4, -0.2) is 42.1 Å². The summed E-state index contributed by atoms with van der Waals surface area (Å²) in [5.74, 6) is 0.745. The molecule has 1 unspecified atom stereocenters. The zero-order valence-electron chi connectivity index (χ0n) is 12.3. The molecule has 1 rings (SSSR count). The summed E-state index contributed by atoms with van der Waals surface area (Å²) in [7, 11) is 1.62. The first-order chi connectivity index (χ1) is 10.0. The summed E-state index contributed by atoms with van der Waals surface area (Å²) in [5.41, 5.74) is 1.09. The lowest BCUT2D eigenvalue weighted by atomic mass is 9.97. The van der Waals surface area contributed by atoms with Gasteiger partial charge in [0.25, 0.3) is 0 Å². The van der Waals surface area contributed by atoms with Crippen LogP contribution in [0, 0.1) is 0 Å². The van der Waals surface area contributed by atoms with Gasteiger partial charge in [-0.1, -0.05) is 19.1 Å². The Bertz CT molecular complexity index is 461. The summed E-state index contributed by atoms with van der Waals surface area (Å²) in [6.07, 6.45) is 0.413. The van der Waals surface area contributed by atoms with E-state index in [1.54, 1.807) is 7.11 Å². The Balaban J connectivity index is 2.28. The fourth-order valence-corrected chi connectivity index (χ4v) is 2.39. The Labute approximate surface area is 129 Å². The van der Waals surface area contributed by atoms with E-state index in [0.29, 0.717) is 18.7 Å². The zero-order valence-corrected chi connectivity index (χ0v) is 13.1. The molecule has 0 fully saturated rings. The van der Waals surface area contributed by atoms with Gasteiger partial charge in [0, 0.05) is 18.7 Å². The number of hydrogen-bond donors (Lipinski definition) is 2. The van der Waals surface area contributed by atoms with Gasteiger partial charge in [0.15, 0.2) is 0 Å². The van der Waals surface area contributed by atoms with E-state index >= 15 is 0 Å². The molecule has 21 heavy (non-hydrogen) atoms. The highest BCUT2D eigenvalue weighted by Crippen LogP contribution is 2.21. The lowest BCUT2D eigenvalue weighted by molar-refractivity contribution is -0.133. The molecular weight excluding hydrogens is 290 g/mol. The molecule has 0 saturated carbocycles. The van der Waals surface area contributed by atoms with Gasteiger partial charge >= 0.3 is 5.97 Å². The van der Waals surface area contributed by atoms with Crippen LogP contribution in [-0.2, 0) is 9.59 Å². The highest BCUT2D eigenvalue weighted by molar-refractivity contribution is 7.99. The second-order valence-corrected chi connectivity index (χ2v) is 5.78. The molecule has 0 saturated heterocycles. The normalized spacial score (nSPS) is 11.7. The Morgan fingerprint density at radius 2 is 2.00 bits per heavy atom. The van der Waals surface area contributed by atoms with Crippen molar-refractivity contribution in [3.05, 3.63) is 29.8 Å². The Hall–Kier alpha value is -1.69. The van der Waals surface area contributed by atoms with Crippen molar-refractivity contribution in [3.63, 3.8) is 0 Å². The summed E-state index contributed by atoms with van der Waals surface area (Å²) < 4.78 is 5.10. The van der Waals surface area contributed by atoms with Gasteiger partial charge in [-0.15, -0.1) is 11.8 Å². The maximum absolute atomic E-state index is 11.8. The number of ether oxygens (including phenoxy) is 1. The van der Waals surface area contributed by atoms with E-state index in [1.165, 1.54) is 11.8 Å². The van der Waals surface area contributed by atoms with Crippen molar-refractivity contribution in [2.45, 2.75) is 19.3 Å². The summed E-state index contributed by atoms with van der Waals surface area (Å²) in [4.78, 5) is 22.1. The summed E-state index contributed by atoms with van der Waals surface area (Å²) in [5, 5.41) is 11.3. The molecule has 1 aromatic carbocycles. The van der Waals surface area contributed by atoms with E-state index in [4.69, 9.17) is 9.84 Å². The van der Waals surface area contributed by atoms with Gasteiger partial charge in [0.1, 0.15) is 5.75 Å². The van der Waals surface area contributed by atoms with Crippen molar-refractivity contribution in [1.82, 2.24) is 5.32 Å².